The minimum Gasteiger partial charge on any atom is -0.379 e. The first-order valence-corrected chi connectivity index (χ1v) is 8.11. The van der Waals surface area contributed by atoms with Crippen LogP contribution in [0.1, 0.15) is 25.7 Å². The van der Waals surface area contributed by atoms with Crippen molar-refractivity contribution >= 4 is 0 Å². The van der Waals surface area contributed by atoms with E-state index in [1.807, 2.05) is 0 Å². The van der Waals surface area contributed by atoms with E-state index in [4.69, 9.17) is 10.5 Å². The fourth-order valence-corrected chi connectivity index (χ4v) is 4.21. The van der Waals surface area contributed by atoms with Gasteiger partial charge >= 0.3 is 0 Å². The van der Waals surface area contributed by atoms with Gasteiger partial charge in [0.15, 0.2) is 0 Å². The van der Waals surface area contributed by atoms with Crippen LogP contribution in [0, 0.1) is 11.8 Å². The number of rotatable bonds is 4. The lowest BCUT2D eigenvalue weighted by molar-refractivity contribution is 0.0181. The molecule has 110 valence electrons. The van der Waals surface area contributed by atoms with E-state index in [2.05, 4.69) is 9.80 Å². The summed E-state index contributed by atoms with van der Waals surface area (Å²) in [6.07, 6.45) is 5.51. The SMILES string of the molecule is NCC1CCCC1CN1CCC(N2CCOCC2)C1. The normalized spacial score (nSPS) is 38.1. The van der Waals surface area contributed by atoms with Crippen LogP contribution in [-0.2, 0) is 4.74 Å². The van der Waals surface area contributed by atoms with E-state index in [1.165, 1.54) is 45.3 Å². The lowest BCUT2D eigenvalue weighted by atomic mass is 9.96. The number of nitrogens with zero attached hydrogens (tertiary/aromatic N) is 2. The lowest BCUT2D eigenvalue weighted by Gasteiger charge is -2.32. The number of hydrogen-bond acceptors (Lipinski definition) is 4. The average Bonchev–Trinajstić information content (AvgIpc) is 3.09. The van der Waals surface area contributed by atoms with Crippen molar-refractivity contribution in [2.24, 2.45) is 17.6 Å². The van der Waals surface area contributed by atoms with E-state index in [-0.39, 0.29) is 0 Å². The van der Waals surface area contributed by atoms with E-state index >= 15 is 0 Å². The van der Waals surface area contributed by atoms with Crippen molar-refractivity contribution in [2.45, 2.75) is 31.7 Å². The number of morpholine rings is 1. The second-order valence-corrected chi connectivity index (χ2v) is 6.54. The Bertz CT molecular complexity index is 281. The Balaban J connectivity index is 1.46. The van der Waals surface area contributed by atoms with Crippen LogP contribution in [0.4, 0.5) is 0 Å². The van der Waals surface area contributed by atoms with Crippen LogP contribution in [0.15, 0.2) is 0 Å². The average molecular weight is 267 g/mol. The summed E-state index contributed by atoms with van der Waals surface area (Å²) in [6, 6.07) is 0.779. The Morgan fingerprint density at radius 3 is 2.58 bits per heavy atom. The summed E-state index contributed by atoms with van der Waals surface area (Å²) in [5, 5.41) is 0. The molecule has 0 aromatic carbocycles. The largest absolute Gasteiger partial charge is 0.379 e. The Morgan fingerprint density at radius 2 is 1.79 bits per heavy atom. The predicted molar refractivity (Wildman–Crippen MR) is 77.1 cm³/mol. The number of ether oxygens (including phenoxy) is 1. The van der Waals surface area contributed by atoms with E-state index < -0.39 is 0 Å². The molecule has 1 aliphatic carbocycles. The van der Waals surface area contributed by atoms with Gasteiger partial charge in [0.2, 0.25) is 0 Å². The highest BCUT2D eigenvalue weighted by atomic mass is 16.5. The third kappa shape index (κ3) is 3.30. The summed E-state index contributed by atoms with van der Waals surface area (Å²) < 4.78 is 5.45. The molecule has 3 rings (SSSR count). The Hall–Kier alpha value is -0.160. The van der Waals surface area contributed by atoms with Crippen LogP contribution in [0.2, 0.25) is 0 Å². The molecule has 3 fully saturated rings. The highest BCUT2D eigenvalue weighted by molar-refractivity contribution is 4.88. The molecule has 2 saturated heterocycles. The van der Waals surface area contributed by atoms with Gasteiger partial charge in [-0.1, -0.05) is 6.42 Å². The molecule has 0 bridgehead atoms. The van der Waals surface area contributed by atoms with E-state index in [0.717, 1.165) is 50.7 Å². The summed E-state index contributed by atoms with van der Waals surface area (Å²) >= 11 is 0. The zero-order valence-corrected chi connectivity index (χ0v) is 12.1. The Kier molecular flexibility index (Phi) is 4.74. The van der Waals surface area contributed by atoms with Crippen molar-refractivity contribution in [2.75, 3.05) is 52.5 Å². The molecule has 1 saturated carbocycles. The van der Waals surface area contributed by atoms with Crippen molar-refractivity contribution in [1.29, 1.82) is 0 Å². The fourth-order valence-electron chi connectivity index (χ4n) is 4.21. The highest BCUT2D eigenvalue weighted by Crippen LogP contribution is 2.32. The molecule has 0 spiro atoms. The first kappa shape index (κ1) is 13.8. The molecule has 4 heteroatoms. The van der Waals surface area contributed by atoms with Gasteiger partial charge < -0.3 is 15.4 Å². The Labute approximate surface area is 117 Å². The minimum absolute atomic E-state index is 0.779. The first-order valence-electron chi connectivity index (χ1n) is 8.11. The summed E-state index contributed by atoms with van der Waals surface area (Å²) in [5.41, 5.74) is 5.90. The van der Waals surface area contributed by atoms with E-state index in [0.29, 0.717) is 0 Å². The van der Waals surface area contributed by atoms with Gasteiger partial charge in [0.25, 0.3) is 0 Å². The van der Waals surface area contributed by atoms with Crippen molar-refractivity contribution in [3.63, 3.8) is 0 Å². The van der Waals surface area contributed by atoms with Gasteiger partial charge in [-0.3, -0.25) is 4.90 Å². The topological polar surface area (TPSA) is 41.7 Å². The second-order valence-electron chi connectivity index (χ2n) is 6.54. The molecule has 0 amide bonds. The lowest BCUT2D eigenvalue weighted by Crippen LogP contribution is -2.45. The predicted octanol–water partition coefficient (Wildman–Crippen LogP) is 0.768. The maximum absolute atomic E-state index is 5.90. The Morgan fingerprint density at radius 1 is 1.00 bits per heavy atom. The molecule has 19 heavy (non-hydrogen) atoms. The molecule has 3 aliphatic rings. The van der Waals surface area contributed by atoms with E-state index in [9.17, 15) is 0 Å². The monoisotopic (exact) mass is 267 g/mol. The van der Waals surface area contributed by atoms with Gasteiger partial charge in [0.1, 0.15) is 0 Å². The number of likely N-dealkylation sites (tertiary alicyclic amines) is 1. The molecular weight excluding hydrogens is 238 g/mol. The maximum Gasteiger partial charge on any atom is 0.0594 e. The molecule has 2 heterocycles. The quantitative estimate of drug-likeness (QED) is 0.817. The van der Waals surface area contributed by atoms with Crippen molar-refractivity contribution in [3.05, 3.63) is 0 Å². The molecule has 0 radical (unpaired) electrons. The summed E-state index contributed by atoms with van der Waals surface area (Å²) in [6.45, 7) is 8.86. The smallest absolute Gasteiger partial charge is 0.0594 e. The van der Waals surface area contributed by atoms with Crippen LogP contribution < -0.4 is 5.73 Å². The fraction of sp³-hybridized carbons (Fsp3) is 1.00. The van der Waals surface area contributed by atoms with Crippen LogP contribution in [0.5, 0.6) is 0 Å². The summed E-state index contributed by atoms with van der Waals surface area (Å²) in [7, 11) is 0. The third-order valence-corrected chi connectivity index (χ3v) is 5.42. The number of hydrogen-bond donors (Lipinski definition) is 1. The zero-order chi connectivity index (χ0) is 13.1. The van der Waals surface area contributed by atoms with Crippen LogP contribution in [0.3, 0.4) is 0 Å². The van der Waals surface area contributed by atoms with Crippen molar-refractivity contribution < 1.29 is 4.74 Å². The van der Waals surface area contributed by atoms with Crippen LogP contribution in [0.25, 0.3) is 0 Å². The third-order valence-electron chi connectivity index (χ3n) is 5.42. The van der Waals surface area contributed by atoms with Gasteiger partial charge in [-0.15, -0.1) is 0 Å². The van der Waals surface area contributed by atoms with Gasteiger partial charge in [-0.2, -0.15) is 0 Å². The molecule has 2 aliphatic heterocycles. The second kappa shape index (κ2) is 6.53. The molecule has 0 aromatic rings. The first-order chi connectivity index (χ1) is 9.36. The van der Waals surface area contributed by atoms with E-state index in [1.54, 1.807) is 0 Å². The van der Waals surface area contributed by atoms with Gasteiger partial charge in [-0.05, 0) is 44.2 Å². The minimum atomic E-state index is 0.779. The van der Waals surface area contributed by atoms with Crippen molar-refractivity contribution in [3.8, 4) is 0 Å². The summed E-state index contributed by atoms with van der Waals surface area (Å²) in [4.78, 5) is 5.33. The van der Waals surface area contributed by atoms with Crippen LogP contribution in [-0.4, -0.2) is 68.3 Å². The molecular formula is C15H29N3O. The van der Waals surface area contributed by atoms with Gasteiger partial charge in [0.05, 0.1) is 13.2 Å². The van der Waals surface area contributed by atoms with Crippen LogP contribution >= 0.6 is 0 Å². The molecule has 4 nitrogen and oxygen atoms in total. The highest BCUT2D eigenvalue weighted by Gasteiger charge is 2.33. The maximum atomic E-state index is 5.90. The molecule has 0 aromatic heterocycles. The zero-order valence-electron chi connectivity index (χ0n) is 12.1. The molecule has 3 unspecified atom stereocenters. The van der Waals surface area contributed by atoms with Crippen molar-refractivity contribution in [1.82, 2.24) is 9.80 Å². The molecule has 2 N–H and O–H groups in total. The molecule has 3 atom stereocenters. The van der Waals surface area contributed by atoms with Gasteiger partial charge in [-0.25, -0.2) is 0 Å². The van der Waals surface area contributed by atoms with Gasteiger partial charge in [0, 0.05) is 32.2 Å². The standard InChI is InChI=1S/C15H29N3O/c16-10-13-2-1-3-14(13)11-17-5-4-15(12-17)18-6-8-19-9-7-18/h13-15H,1-12,16H2. The number of nitrogens with two attached hydrogens (primary N) is 1. The summed E-state index contributed by atoms with van der Waals surface area (Å²) in [5.74, 6) is 1.66.